The van der Waals surface area contributed by atoms with Crippen molar-refractivity contribution < 1.29 is 27.8 Å². The fourth-order valence-electron chi connectivity index (χ4n) is 3.74. The summed E-state index contributed by atoms with van der Waals surface area (Å²) in [6.45, 7) is 1.48. The highest BCUT2D eigenvalue weighted by Crippen LogP contribution is 2.26. The Morgan fingerprint density at radius 1 is 1.03 bits per heavy atom. The van der Waals surface area contributed by atoms with Gasteiger partial charge >= 0.3 is 0 Å². The molecule has 0 saturated carbocycles. The number of ether oxygens (including phenoxy) is 2. The lowest BCUT2D eigenvalue weighted by Crippen LogP contribution is -2.59. The van der Waals surface area contributed by atoms with E-state index < -0.39 is 23.3 Å². The maximum Gasteiger partial charge on any atom is 0.290 e. The topological polar surface area (TPSA) is 76.9 Å². The number of aryl methyl sites for hydroxylation is 1. The Balaban J connectivity index is 1.53. The fraction of sp³-hybridized carbons (Fsp3) is 0.450. The summed E-state index contributed by atoms with van der Waals surface area (Å²) in [6.07, 6.45) is 3.85. The molecule has 1 aromatic carbocycles. The highest BCUT2D eigenvalue weighted by molar-refractivity contribution is 5.94. The smallest absolute Gasteiger partial charge is 0.290 e. The monoisotopic (exact) mass is 420 g/mol. The summed E-state index contributed by atoms with van der Waals surface area (Å²) in [6, 6.07) is 3.05. The molecule has 1 unspecified atom stereocenters. The lowest BCUT2D eigenvalue weighted by Gasteiger charge is -2.43. The van der Waals surface area contributed by atoms with Gasteiger partial charge in [0, 0.05) is 38.1 Å². The molecule has 2 fully saturated rings. The number of halogens is 2. The van der Waals surface area contributed by atoms with Crippen LogP contribution in [0.2, 0.25) is 0 Å². The molecule has 1 aromatic heterocycles. The first kappa shape index (κ1) is 20.4. The van der Waals surface area contributed by atoms with Crippen LogP contribution in [0.25, 0.3) is 0 Å². The van der Waals surface area contributed by atoms with Crippen molar-refractivity contribution in [2.24, 2.45) is 7.05 Å². The Morgan fingerprint density at radius 3 is 2.47 bits per heavy atom. The van der Waals surface area contributed by atoms with Crippen LogP contribution in [-0.2, 0) is 16.5 Å². The van der Waals surface area contributed by atoms with Crippen molar-refractivity contribution in [3.8, 4) is 0 Å². The molecule has 2 saturated heterocycles. The van der Waals surface area contributed by atoms with Crippen LogP contribution in [0, 0.1) is 11.6 Å². The molecule has 1 spiro atoms. The zero-order chi connectivity index (χ0) is 21.3. The van der Waals surface area contributed by atoms with Crippen molar-refractivity contribution in [2.75, 3.05) is 39.4 Å². The molecule has 1 atom stereocenters. The van der Waals surface area contributed by atoms with E-state index >= 15 is 0 Å². The second-order valence-electron chi connectivity index (χ2n) is 7.41. The first-order valence-corrected chi connectivity index (χ1v) is 9.67. The Bertz CT molecular complexity index is 966. The Kier molecular flexibility index (Phi) is 5.52. The highest BCUT2D eigenvalue weighted by atomic mass is 19.2. The molecule has 0 bridgehead atoms. The molecular formula is C20H22F2N4O4. The molecule has 2 aliphatic rings. The Hall–Kier alpha value is -2.85. The molecule has 2 aromatic rings. The van der Waals surface area contributed by atoms with Crippen molar-refractivity contribution in [2.45, 2.75) is 12.2 Å². The number of aromatic nitrogens is 2. The summed E-state index contributed by atoms with van der Waals surface area (Å²) in [4.78, 5) is 33.0. The summed E-state index contributed by atoms with van der Waals surface area (Å²) in [7, 11) is 1.74. The molecule has 8 nitrogen and oxygen atoms in total. The van der Waals surface area contributed by atoms with Crippen LogP contribution < -0.4 is 0 Å². The van der Waals surface area contributed by atoms with Gasteiger partial charge in [-0.1, -0.05) is 0 Å². The van der Waals surface area contributed by atoms with Crippen molar-refractivity contribution in [3.63, 3.8) is 0 Å². The van der Waals surface area contributed by atoms with Gasteiger partial charge in [0.25, 0.3) is 11.8 Å². The van der Waals surface area contributed by atoms with Crippen LogP contribution in [-0.4, -0.2) is 76.3 Å². The third kappa shape index (κ3) is 3.92. The standard InChI is InChI=1S/C20H22F2N4O4/c1-24-7-5-23-17(24)19(28)25-6-2-9-29-20(12-25)13-26(8-10-30-20)18(27)14-3-4-15(21)16(22)11-14/h3-5,7,11H,2,6,8-10,12-13H2,1H3. The number of nitrogens with zero attached hydrogens (tertiary/aromatic N) is 4. The summed E-state index contributed by atoms with van der Waals surface area (Å²) in [5.41, 5.74) is 0.0421. The van der Waals surface area contributed by atoms with Gasteiger partial charge in [-0.25, -0.2) is 13.8 Å². The van der Waals surface area contributed by atoms with Gasteiger partial charge < -0.3 is 23.8 Å². The van der Waals surface area contributed by atoms with Gasteiger partial charge in [0.05, 0.1) is 26.3 Å². The van der Waals surface area contributed by atoms with Gasteiger partial charge in [-0.2, -0.15) is 0 Å². The maximum atomic E-state index is 13.6. The molecule has 160 valence electrons. The van der Waals surface area contributed by atoms with Crippen LogP contribution in [0.1, 0.15) is 27.4 Å². The Morgan fingerprint density at radius 2 is 1.77 bits per heavy atom. The lowest BCUT2D eigenvalue weighted by atomic mass is 10.1. The first-order chi connectivity index (χ1) is 14.4. The zero-order valence-electron chi connectivity index (χ0n) is 16.5. The van der Waals surface area contributed by atoms with Gasteiger partial charge in [-0.05, 0) is 24.6 Å². The summed E-state index contributed by atoms with van der Waals surface area (Å²) >= 11 is 0. The largest absolute Gasteiger partial charge is 0.347 e. The molecular weight excluding hydrogens is 398 g/mol. The number of amides is 2. The van der Waals surface area contributed by atoms with Crippen LogP contribution >= 0.6 is 0 Å². The molecule has 0 N–H and O–H groups in total. The molecule has 3 heterocycles. The van der Waals surface area contributed by atoms with Crippen LogP contribution in [0.5, 0.6) is 0 Å². The first-order valence-electron chi connectivity index (χ1n) is 9.67. The minimum absolute atomic E-state index is 0.0421. The van der Waals surface area contributed by atoms with Gasteiger partial charge in [-0.15, -0.1) is 0 Å². The number of imidazole rings is 1. The van der Waals surface area contributed by atoms with Gasteiger partial charge in [-0.3, -0.25) is 9.59 Å². The minimum atomic E-state index is -1.19. The van der Waals surface area contributed by atoms with Gasteiger partial charge in [0.2, 0.25) is 5.79 Å². The normalized spacial score (nSPS) is 22.2. The van der Waals surface area contributed by atoms with Crippen molar-refractivity contribution >= 4 is 11.8 Å². The van der Waals surface area contributed by atoms with E-state index in [1.807, 2.05) is 0 Å². The summed E-state index contributed by atoms with van der Waals surface area (Å²) < 4.78 is 40.3. The third-order valence-electron chi connectivity index (χ3n) is 5.28. The van der Waals surface area contributed by atoms with Crippen LogP contribution in [0.4, 0.5) is 8.78 Å². The number of hydrogen-bond donors (Lipinski definition) is 0. The van der Waals surface area contributed by atoms with Crippen molar-refractivity contribution in [1.29, 1.82) is 0 Å². The molecule has 0 radical (unpaired) electrons. The third-order valence-corrected chi connectivity index (χ3v) is 5.28. The number of hydrogen-bond acceptors (Lipinski definition) is 5. The SMILES string of the molecule is Cn1ccnc1C(=O)N1CCCOC2(CN(C(=O)c3ccc(F)c(F)c3)CCO2)C1. The van der Waals surface area contributed by atoms with E-state index in [-0.39, 0.29) is 37.7 Å². The second kappa shape index (κ2) is 8.11. The van der Waals surface area contributed by atoms with Gasteiger partial charge in [0.1, 0.15) is 0 Å². The van der Waals surface area contributed by atoms with Crippen LogP contribution in [0.3, 0.4) is 0 Å². The van der Waals surface area contributed by atoms with E-state index in [1.54, 1.807) is 28.9 Å². The van der Waals surface area contributed by atoms with E-state index in [2.05, 4.69) is 4.98 Å². The number of carbonyl (C=O) groups is 2. The average Bonchev–Trinajstić information content (AvgIpc) is 3.06. The summed E-state index contributed by atoms with van der Waals surface area (Å²) in [5, 5.41) is 0. The van der Waals surface area contributed by atoms with E-state index in [1.165, 1.54) is 11.0 Å². The van der Waals surface area contributed by atoms with Crippen molar-refractivity contribution in [3.05, 3.63) is 53.6 Å². The predicted molar refractivity (Wildman–Crippen MR) is 101 cm³/mol. The van der Waals surface area contributed by atoms with E-state index in [0.29, 0.717) is 25.4 Å². The van der Waals surface area contributed by atoms with Crippen molar-refractivity contribution in [1.82, 2.24) is 19.4 Å². The molecule has 2 amide bonds. The predicted octanol–water partition coefficient (Wildman–Crippen LogP) is 1.43. The quantitative estimate of drug-likeness (QED) is 0.735. The highest BCUT2D eigenvalue weighted by Gasteiger charge is 2.44. The maximum absolute atomic E-state index is 13.6. The molecule has 10 heteroatoms. The minimum Gasteiger partial charge on any atom is -0.347 e. The van der Waals surface area contributed by atoms with E-state index in [9.17, 15) is 18.4 Å². The van der Waals surface area contributed by atoms with E-state index in [0.717, 1.165) is 12.1 Å². The fourth-order valence-corrected chi connectivity index (χ4v) is 3.74. The Labute approximate surface area is 172 Å². The second-order valence-corrected chi connectivity index (χ2v) is 7.41. The number of morpholine rings is 1. The lowest BCUT2D eigenvalue weighted by molar-refractivity contribution is -0.258. The number of benzene rings is 1. The van der Waals surface area contributed by atoms with Crippen LogP contribution in [0.15, 0.2) is 30.6 Å². The average molecular weight is 420 g/mol. The number of rotatable bonds is 2. The summed E-state index contributed by atoms with van der Waals surface area (Å²) in [5.74, 6) is -3.69. The molecule has 4 rings (SSSR count). The zero-order valence-corrected chi connectivity index (χ0v) is 16.5. The molecule has 2 aliphatic heterocycles. The van der Waals surface area contributed by atoms with E-state index in [4.69, 9.17) is 9.47 Å². The number of carbonyl (C=O) groups excluding carboxylic acids is 2. The molecule has 30 heavy (non-hydrogen) atoms. The van der Waals surface area contributed by atoms with Gasteiger partial charge in [0.15, 0.2) is 17.5 Å². The molecule has 0 aliphatic carbocycles.